The largest absolute Gasteiger partial charge is 0.399 e. The van der Waals surface area contributed by atoms with E-state index < -0.39 is 5.82 Å². The van der Waals surface area contributed by atoms with Crippen molar-refractivity contribution < 1.29 is 9.18 Å². The maximum absolute atomic E-state index is 13.9. The van der Waals surface area contributed by atoms with E-state index in [1.54, 1.807) is 30.3 Å². The van der Waals surface area contributed by atoms with Crippen LogP contribution in [0.15, 0.2) is 36.4 Å². The second-order valence-corrected chi connectivity index (χ2v) is 4.87. The Balaban J connectivity index is 2.15. The molecule has 1 aliphatic rings. The SMILES string of the molecule is Nc1ccc2c(c1)C(=Cc1cccc(Cl)c1F)C(=O)N2. The van der Waals surface area contributed by atoms with E-state index in [4.69, 9.17) is 17.3 Å². The number of rotatable bonds is 1. The highest BCUT2D eigenvalue weighted by Gasteiger charge is 2.24. The first kappa shape index (κ1) is 12.7. The van der Waals surface area contributed by atoms with Crippen LogP contribution in [0.3, 0.4) is 0 Å². The molecule has 3 rings (SSSR count). The molecule has 0 atom stereocenters. The lowest BCUT2D eigenvalue weighted by molar-refractivity contribution is -0.110. The number of nitrogens with one attached hydrogen (secondary N) is 1. The monoisotopic (exact) mass is 288 g/mol. The third kappa shape index (κ3) is 2.04. The van der Waals surface area contributed by atoms with Crippen LogP contribution in [0.1, 0.15) is 11.1 Å². The third-order valence-electron chi connectivity index (χ3n) is 3.11. The van der Waals surface area contributed by atoms with E-state index in [1.165, 1.54) is 12.1 Å². The topological polar surface area (TPSA) is 55.1 Å². The van der Waals surface area contributed by atoms with Crippen molar-refractivity contribution in [2.75, 3.05) is 11.1 Å². The Morgan fingerprint density at radius 1 is 1.25 bits per heavy atom. The molecule has 3 nitrogen and oxygen atoms in total. The van der Waals surface area contributed by atoms with Gasteiger partial charge >= 0.3 is 0 Å². The average molecular weight is 289 g/mol. The maximum atomic E-state index is 13.9. The molecule has 0 saturated heterocycles. The smallest absolute Gasteiger partial charge is 0.256 e. The number of nitrogens with two attached hydrogens (primary N) is 1. The van der Waals surface area contributed by atoms with Crippen LogP contribution in [0.5, 0.6) is 0 Å². The molecule has 0 aliphatic carbocycles. The molecule has 0 bridgehead atoms. The number of anilines is 2. The van der Waals surface area contributed by atoms with Crippen molar-refractivity contribution in [3.8, 4) is 0 Å². The highest BCUT2D eigenvalue weighted by Crippen LogP contribution is 2.35. The molecule has 0 saturated carbocycles. The standard InChI is InChI=1S/C15H10ClFN2O/c16-12-3-1-2-8(14(12)17)6-11-10-7-9(18)4-5-13(10)19-15(11)20/h1-7H,18H2,(H,19,20). The number of carbonyl (C=O) groups excluding carboxylic acids is 1. The number of fused-ring (bicyclic) bond motifs is 1. The Kier molecular flexibility index (Phi) is 2.95. The quantitative estimate of drug-likeness (QED) is 0.623. The van der Waals surface area contributed by atoms with Crippen LogP contribution < -0.4 is 11.1 Å². The lowest BCUT2D eigenvalue weighted by atomic mass is 10.0. The minimum absolute atomic E-state index is 0.0190. The zero-order valence-corrected chi connectivity index (χ0v) is 11.0. The molecule has 3 N–H and O–H groups in total. The second kappa shape index (κ2) is 4.65. The zero-order chi connectivity index (χ0) is 14.3. The molecule has 1 heterocycles. The molecule has 20 heavy (non-hydrogen) atoms. The van der Waals surface area contributed by atoms with Crippen molar-refractivity contribution in [2.24, 2.45) is 0 Å². The summed E-state index contributed by atoms with van der Waals surface area (Å²) in [5.74, 6) is -0.836. The summed E-state index contributed by atoms with van der Waals surface area (Å²) in [6.07, 6.45) is 1.47. The van der Waals surface area contributed by atoms with E-state index in [9.17, 15) is 9.18 Å². The average Bonchev–Trinajstić information content (AvgIpc) is 2.71. The van der Waals surface area contributed by atoms with Crippen LogP contribution in [0, 0.1) is 5.82 Å². The molecule has 0 fully saturated rings. The Labute approximate surface area is 119 Å². The van der Waals surface area contributed by atoms with E-state index >= 15 is 0 Å². The molecule has 1 aliphatic heterocycles. The molecule has 2 aromatic carbocycles. The first-order valence-corrected chi connectivity index (χ1v) is 6.31. The van der Waals surface area contributed by atoms with E-state index in [1.807, 2.05) is 0 Å². The van der Waals surface area contributed by atoms with Gasteiger partial charge in [-0.15, -0.1) is 0 Å². The number of carbonyl (C=O) groups is 1. The highest BCUT2D eigenvalue weighted by atomic mass is 35.5. The van der Waals surface area contributed by atoms with E-state index in [2.05, 4.69) is 5.32 Å². The van der Waals surface area contributed by atoms with Gasteiger partial charge in [0.25, 0.3) is 5.91 Å². The summed E-state index contributed by atoms with van der Waals surface area (Å²) in [6, 6.07) is 9.75. The summed E-state index contributed by atoms with van der Waals surface area (Å²) < 4.78 is 13.9. The fourth-order valence-electron chi connectivity index (χ4n) is 2.14. The van der Waals surface area contributed by atoms with Crippen molar-refractivity contribution in [2.45, 2.75) is 0 Å². The van der Waals surface area contributed by atoms with Crippen LogP contribution in [-0.4, -0.2) is 5.91 Å². The zero-order valence-electron chi connectivity index (χ0n) is 10.3. The number of benzene rings is 2. The summed E-state index contributed by atoms with van der Waals surface area (Å²) in [5, 5.41) is 2.73. The minimum atomic E-state index is -0.549. The Bertz CT molecular complexity index is 756. The summed E-state index contributed by atoms with van der Waals surface area (Å²) in [5.41, 5.74) is 8.22. The van der Waals surface area contributed by atoms with Gasteiger partial charge in [0.1, 0.15) is 5.82 Å². The van der Waals surface area contributed by atoms with Crippen LogP contribution in [0.2, 0.25) is 5.02 Å². The van der Waals surface area contributed by atoms with Gasteiger partial charge in [-0.25, -0.2) is 4.39 Å². The van der Waals surface area contributed by atoms with Crippen molar-refractivity contribution in [1.82, 2.24) is 0 Å². The number of nitrogen functional groups attached to an aromatic ring is 1. The molecule has 0 aromatic heterocycles. The van der Waals surface area contributed by atoms with Gasteiger partial charge in [0.2, 0.25) is 0 Å². The first-order chi connectivity index (χ1) is 9.56. The summed E-state index contributed by atoms with van der Waals surface area (Å²) >= 11 is 5.74. The lowest BCUT2D eigenvalue weighted by Crippen LogP contribution is -2.03. The number of hydrogen-bond donors (Lipinski definition) is 2. The molecule has 5 heteroatoms. The Morgan fingerprint density at radius 3 is 2.85 bits per heavy atom. The van der Waals surface area contributed by atoms with Crippen LogP contribution in [-0.2, 0) is 4.79 Å². The van der Waals surface area contributed by atoms with Gasteiger partial charge in [-0.3, -0.25) is 4.79 Å². The maximum Gasteiger partial charge on any atom is 0.256 e. The normalized spacial score (nSPS) is 15.3. The van der Waals surface area contributed by atoms with E-state index in [0.29, 0.717) is 22.5 Å². The third-order valence-corrected chi connectivity index (χ3v) is 3.40. The van der Waals surface area contributed by atoms with E-state index in [-0.39, 0.29) is 16.5 Å². The molecule has 1 amide bonds. The predicted octanol–water partition coefficient (Wildman–Crippen LogP) is 3.55. The fraction of sp³-hybridized carbons (Fsp3) is 0. The van der Waals surface area contributed by atoms with Crippen molar-refractivity contribution in [3.63, 3.8) is 0 Å². The summed E-state index contributed by atoms with van der Waals surface area (Å²) in [4.78, 5) is 12.0. The molecular formula is C15H10ClFN2O. The van der Waals surface area contributed by atoms with Crippen LogP contribution >= 0.6 is 11.6 Å². The molecule has 100 valence electrons. The molecular weight excluding hydrogens is 279 g/mol. The number of halogens is 2. The Hall–Kier alpha value is -2.33. The van der Waals surface area contributed by atoms with Crippen LogP contribution in [0.4, 0.5) is 15.8 Å². The van der Waals surface area contributed by atoms with Gasteiger partial charge in [0.05, 0.1) is 5.02 Å². The minimum Gasteiger partial charge on any atom is -0.399 e. The van der Waals surface area contributed by atoms with Gasteiger partial charge < -0.3 is 11.1 Å². The Morgan fingerprint density at radius 2 is 2.05 bits per heavy atom. The van der Waals surface area contributed by atoms with Crippen molar-refractivity contribution >= 4 is 40.5 Å². The van der Waals surface area contributed by atoms with E-state index in [0.717, 1.165) is 0 Å². The summed E-state index contributed by atoms with van der Waals surface area (Å²) in [6.45, 7) is 0. The second-order valence-electron chi connectivity index (χ2n) is 4.46. The summed E-state index contributed by atoms with van der Waals surface area (Å²) in [7, 11) is 0. The van der Waals surface area contributed by atoms with Gasteiger partial charge in [-0.05, 0) is 30.3 Å². The highest BCUT2D eigenvalue weighted by molar-refractivity contribution is 6.35. The number of hydrogen-bond acceptors (Lipinski definition) is 2. The lowest BCUT2D eigenvalue weighted by Gasteiger charge is -2.02. The van der Waals surface area contributed by atoms with Crippen LogP contribution in [0.25, 0.3) is 11.6 Å². The molecule has 0 spiro atoms. The first-order valence-electron chi connectivity index (χ1n) is 5.93. The van der Waals surface area contributed by atoms with Gasteiger partial charge in [0.15, 0.2) is 0 Å². The molecule has 0 unspecified atom stereocenters. The number of amides is 1. The van der Waals surface area contributed by atoms with Crippen molar-refractivity contribution in [3.05, 3.63) is 58.4 Å². The van der Waals surface area contributed by atoms with Gasteiger partial charge in [0, 0.05) is 28.1 Å². The molecule has 0 radical (unpaired) electrons. The van der Waals surface area contributed by atoms with Crippen molar-refractivity contribution in [1.29, 1.82) is 0 Å². The van der Waals surface area contributed by atoms with Gasteiger partial charge in [-0.2, -0.15) is 0 Å². The van der Waals surface area contributed by atoms with Gasteiger partial charge in [-0.1, -0.05) is 23.7 Å². The fourth-order valence-corrected chi connectivity index (χ4v) is 2.32. The molecule has 2 aromatic rings. The predicted molar refractivity (Wildman–Crippen MR) is 78.8 cm³/mol.